The normalized spacial score (nSPS) is 26.0. The van der Waals surface area contributed by atoms with Gasteiger partial charge in [-0.15, -0.1) is 0 Å². The molecule has 23 heavy (non-hydrogen) atoms. The van der Waals surface area contributed by atoms with E-state index in [9.17, 15) is 4.79 Å². The molecule has 128 valence electrons. The Balaban J connectivity index is 1.77. The van der Waals surface area contributed by atoms with E-state index in [1.54, 1.807) is 0 Å². The van der Waals surface area contributed by atoms with Crippen LogP contribution in [0.2, 0.25) is 0 Å². The molecule has 3 heterocycles. The monoisotopic (exact) mass is 318 g/mol. The molecule has 3 rings (SSSR count). The van der Waals surface area contributed by atoms with E-state index in [4.69, 9.17) is 5.10 Å². The van der Waals surface area contributed by atoms with Crippen molar-refractivity contribution >= 4 is 5.91 Å². The predicted molar refractivity (Wildman–Crippen MR) is 91.3 cm³/mol. The lowest BCUT2D eigenvalue weighted by Crippen LogP contribution is -2.45. The van der Waals surface area contributed by atoms with Crippen LogP contribution in [0.1, 0.15) is 68.9 Å². The molecule has 0 spiro atoms. The molecule has 2 atom stereocenters. The fourth-order valence-electron chi connectivity index (χ4n) is 4.22. The van der Waals surface area contributed by atoms with Gasteiger partial charge in [0.05, 0.1) is 5.69 Å². The van der Waals surface area contributed by atoms with Crippen molar-refractivity contribution in [1.82, 2.24) is 20.0 Å². The maximum Gasteiger partial charge on any atom is 0.220 e. The first-order valence-corrected chi connectivity index (χ1v) is 9.05. The highest BCUT2D eigenvalue weighted by Crippen LogP contribution is 2.28. The SMILES string of the molecule is Cc1nn(C(C)C)c(C)c1CN1CC[C@@H]2NC(=O)CCCC[C@H]21. The number of fused-ring (bicyclic) bond motifs is 1. The lowest BCUT2D eigenvalue weighted by Gasteiger charge is -2.30. The zero-order chi connectivity index (χ0) is 16.6. The number of likely N-dealkylation sites (tertiary alicyclic amines) is 1. The van der Waals surface area contributed by atoms with Crippen molar-refractivity contribution in [3.05, 3.63) is 17.0 Å². The number of aryl methyl sites for hydroxylation is 1. The molecule has 1 aromatic heterocycles. The van der Waals surface area contributed by atoms with Gasteiger partial charge in [0.15, 0.2) is 0 Å². The highest BCUT2D eigenvalue weighted by Gasteiger charge is 2.36. The number of nitrogens with zero attached hydrogens (tertiary/aromatic N) is 3. The van der Waals surface area contributed by atoms with Gasteiger partial charge < -0.3 is 5.32 Å². The zero-order valence-electron chi connectivity index (χ0n) is 14.9. The van der Waals surface area contributed by atoms with Crippen molar-refractivity contribution in [1.29, 1.82) is 0 Å². The van der Waals surface area contributed by atoms with E-state index in [-0.39, 0.29) is 5.91 Å². The van der Waals surface area contributed by atoms with Crippen molar-refractivity contribution in [2.75, 3.05) is 6.54 Å². The van der Waals surface area contributed by atoms with Crippen molar-refractivity contribution in [2.24, 2.45) is 0 Å². The lowest BCUT2D eigenvalue weighted by atomic mass is 9.98. The summed E-state index contributed by atoms with van der Waals surface area (Å²) in [7, 11) is 0. The van der Waals surface area contributed by atoms with Gasteiger partial charge >= 0.3 is 0 Å². The Morgan fingerprint density at radius 1 is 1.26 bits per heavy atom. The van der Waals surface area contributed by atoms with Crippen molar-refractivity contribution in [3.8, 4) is 0 Å². The number of amides is 1. The Labute approximate surface area is 139 Å². The maximum atomic E-state index is 11.9. The first kappa shape index (κ1) is 16.5. The molecule has 2 saturated heterocycles. The maximum absolute atomic E-state index is 11.9. The van der Waals surface area contributed by atoms with E-state index >= 15 is 0 Å². The predicted octanol–water partition coefficient (Wildman–Crippen LogP) is 2.71. The molecule has 5 heteroatoms. The highest BCUT2D eigenvalue weighted by molar-refractivity contribution is 5.76. The van der Waals surface area contributed by atoms with Crippen LogP contribution in [0.5, 0.6) is 0 Å². The Kier molecular flexibility index (Phi) is 4.76. The van der Waals surface area contributed by atoms with Crippen LogP contribution < -0.4 is 5.32 Å². The molecular formula is C18H30N4O. The second-order valence-electron chi connectivity index (χ2n) is 7.43. The van der Waals surface area contributed by atoms with Gasteiger partial charge in [-0.25, -0.2) is 0 Å². The fraction of sp³-hybridized carbons (Fsp3) is 0.778. The third-order valence-electron chi connectivity index (χ3n) is 5.49. The van der Waals surface area contributed by atoms with Gasteiger partial charge in [0.2, 0.25) is 5.91 Å². The number of aromatic nitrogens is 2. The third-order valence-corrected chi connectivity index (χ3v) is 5.49. The second kappa shape index (κ2) is 6.63. The van der Waals surface area contributed by atoms with Gasteiger partial charge in [-0.05, 0) is 47.0 Å². The van der Waals surface area contributed by atoms with Crippen LogP contribution in [-0.2, 0) is 11.3 Å². The summed E-state index contributed by atoms with van der Waals surface area (Å²) in [5, 5.41) is 7.97. The minimum Gasteiger partial charge on any atom is -0.352 e. The molecule has 0 unspecified atom stereocenters. The number of carbonyl (C=O) groups is 1. The summed E-state index contributed by atoms with van der Waals surface area (Å²) in [5.74, 6) is 0.238. The van der Waals surface area contributed by atoms with Crippen LogP contribution in [0, 0.1) is 13.8 Å². The molecule has 2 aliphatic rings. The van der Waals surface area contributed by atoms with E-state index in [1.807, 2.05) is 0 Å². The average Bonchev–Trinajstić information content (AvgIpc) is 2.97. The van der Waals surface area contributed by atoms with Crippen molar-refractivity contribution in [2.45, 2.75) is 84.5 Å². The molecule has 5 nitrogen and oxygen atoms in total. The summed E-state index contributed by atoms with van der Waals surface area (Å²) >= 11 is 0. The topological polar surface area (TPSA) is 50.2 Å². The van der Waals surface area contributed by atoms with Gasteiger partial charge in [-0.2, -0.15) is 5.10 Å². The van der Waals surface area contributed by atoms with E-state index in [0.29, 0.717) is 24.5 Å². The van der Waals surface area contributed by atoms with Gasteiger partial charge in [0.1, 0.15) is 0 Å². The second-order valence-corrected chi connectivity index (χ2v) is 7.43. The number of hydrogen-bond acceptors (Lipinski definition) is 3. The number of carbonyl (C=O) groups excluding carboxylic acids is 1. The minimum absolute atomic E-state index is 0.238. The van der Waals surface area contributed by atoms with E-state index < -0.39 is 0 Å². The molecule has 0 aromatic carbocycles. The Morgan fingerprint density at radius 3 is 2.74 bits per heavy atom. The quantitative estimate of drug-likeness (QED) is 0.932. The Bertz CT molecular complexity index is 578. The van der Waals surface area contributed by atoms with Gasteiger partial charge in [0, 0.05) is 48.9 Å². The van der Waals surface area contributed by atoms with Crippen molar-refractivity contribution in [3.63, 3.8) is 0 Å². The summed E-state index contributed by atoms with van der Waals surface area (Å²) in [5.41, 5.74) is 3.80. The third kappa shape index (κ3) is 3.30. The Hall–Kier alpha value is -1.36. The summed E-state index contributed by atoms with van der Waals surface area (Å²) in [6.45, 7) is 10.7. The molecule has 1 amide bonds. The molecule has 2 fully saturated rings. The summed E-state index contributed by atoms with van der Waals surface area (Å²) in [6, 6.07) is 1.22. The van der Waals surface area contributed by atoms with Crippen LogP contribution in [0.4, 0.5) is 0 Å². The molecule has 0 radical (unpaired) electrons. The first-order chi connectivity index (χ1) is 11.0. The summed E-state index contributed by atoms with van der Waals surface area (Å²) < 4.78 is 2.14. The van der Waals surface area contributed by atoms with Crippen LogP contribution in [-0.4, -0.2) is 39.2 Å². The van der Waals surface area contributed by atoms with Crippen LogP contribution in [0.3, 0.4) is 0 Å². The highest BCUT2D eigenvalue weighted by atomic mass is 16.1. The summed E-state index contributed by atoms with van der Waals surface area (Å²) in [4.78, 5) is 14.5. The van der Waals surface area contributed by atoms with Gasteiger partial charge in [0.25, 0.3) is 0 Å². The zero-order valence-corrected chi connectivity index (χ0v) is 14.9. The standard InChI is InChI=1S/C18H30N4O/c1-12(2)22-14(4)15(13(3)20-22)11-21-10-9-16-17(21)7-5-6-8-18(23)19-16/h12,16-17H,5-11H2,1-4H3,(H,19,23)/t16-,17+/m0/s1. The average molecular weight is 318 g/mol. The van der Waals surface area contributed by atoms with E-state index in [0.717, 1.165) is 38.0 Å². The molecule has 2 aliphatic heterocycles. The number of hydrogen-bond donors (Lipinski definition) is 1. The van der Waals surface area contributed by atoms with Gasteiger partial charge in [-0.1, -0.05) is 6.42 Å². The molecule has 0 aliphatic carbocycles. The van der Waals surface area contributed by atoms with E-state index in [2.05, 4.69) is 42.6 Å². The van der Waals surface area contributed by atoms with Crippen LogP contribution in [0.15, 0.2) is 0 Å². The molecule has 0 bridgehead atoms. The lowest BCUT2D eigenvalue weighted by molar-refractivity contribution is -0.122. The summed E-state index contributed by atoms with van der Waals surface area (Å²) in [6.07, 6.45) is 5.15. The molecule has 0 saturated carbocycles. The van der Waals surface area contributed by atoms with E-state index in [1.165, 1.54) is 17.7 Å². The first-order valence-electron chi connectivity index (χ1n) is 9.05. The van der Waals surface area contributed by atoms with Gasteiger partial charge in [-0.3, -0.25) is 14.4 Å². The largest absolute Gasteiger partial charge is 0.352 e. The van der Waals surface area contributed by atoms with Crippen LogP contribution >= 0.6 is 0 Å². The van der Waals surface area contributed by atoms with Crippen molar-refractivity contribution < 1.29 is 4.79 Å². The smallest absolute Gasteiger partial charge is 0.220 e. The molecule has 1 aromatic rings. The Morgan fingerprint density at radius 2 is 2.04 bits per heavy atom. The van der Waals surface area contributed by atoms with Crippen LogP contribution in [0.25, 0.3) is 0 Å². The fourth-order valence-corrected chi connectivity index (χ4v) is 4.22. The molecular weight excluding hydrogens is 288 g/mol. The number of nitrogens with one attached hydrogen (secondary N) is 1. The molecule has 1 N–H and O–H groups in total. The number of rotatable bonds is 3. The minimum atomic E-state index is 0.238.